The fraction of sp³-hybridized carbons (Fsp3) is 1.00. The van der Waals surface area contributed by atoms with E-state index in [0.717, 1.165) is 12.1 Å². The standard InChI is InChI=1S/C8H23N3Si/c1-5-7(2)12-11-6-8(9-3)10-4/h7-11H,5-6,12H2,1-4H3. The van der Waals surface area contributed by atoms with Gasteiger partial charge in [-0.1, -0.05) is 20.3 Å². The van der Waals surface area contributed by atoms with Gasteiger partial charge in [0, 0.05) is 6.54 Å². The first-order chi connectivity index (χ1) is 5.74. The van der Waals surface area contributed by atoms with Crippen LogP contribution in [0.5, 0.6) is 0 Å². The van der Waals surface area contributed by atoms with Crippen LogP contribution in [0.4, 0.5) is 0 Å². The summed E-state index contributed by atoms with van der Waals surface area (Å²) >= 11 is 0. The summed E-state index contributed by atoms with van der Waals surface area (Å²) in [6.45, 7) is 5.63. The van der Waals surface area contributed by atoms with E-state index in [1.165, 1.54) is 6.42 Å². The van der Waals surface area contributed by atoms with Crippen molar-refractivity contribution < 1.29 is 0 Å². The van der Waals surface area contributed by atoms with Crippen LogP contribution in [0.15, 0.2) is 0 Å². The lowest BCUT2D eigenvalue weighted by atomic mass is 10.4. The van der Waals surface area contributed by atoms with Gasteiger partial charge in [0.25, 0.3) is 0 Å². The van der Waals surface area contributed by atoms with Crippen molar-refractivity contribution >= 4 is 9.68 Å². The van der Waals surface area contributed by atoms with Crippen molar-refractivity contribution in [2.24, 2.45) is 0 Å². The lowest BCUT2D eigenvalue weighted by Gasteiger charge is -2.17. The summed E-state index contributed by atoms with van der Waals surface area (Å²) in [6.07, 6.45) is 1.73. The zero-order chi connectivity index (χ0) is 9.40. The van der Waals surface area contributed by atoms with Crippen LogP contribution in [0.2, 0.25) is 5.54 Å². The van der Waals surface area contributed by atoms with Gasteiger partial charge in [0.1, 0.15) is 0 Å². The van der Waals surface area contributed by atoms with Crippen molar-refractivity contribution in [3.05, 3.63) is 0 Å². The van der Waals surface area contributed by atoms with Gasteiger partial charge in [-0.2, -0.15) is 0 Å². The summed E-state index contributed by atoms with van der Waals surface area (Å²) in [5.41, 5.74) is 0.916. The molecular weight excluding hydrogens is 166 g/mol. The molecule has 1 atom stereocenters. The zero-order valence-corrected chi connectivity index (χ0v) is 10.2. The van der Waals surface area contributed by atoms with Crippen LogP contribution in [0.3, 0.4) is 0 Å². The smallest absolute Gasteiger partial charge is 0.0945 e. The van der Waals surface area contributed by atoms with Crippen molar-refractivity contribution in [1.82, 2.24) is 15.6 Å². The van der Waals surface area contributed by atoms with E-state index in [1.54, 1.807) is 0 Å². The Morgan fingerprint density at radius 2 is 1.83 bits per heavy atom. The Balaban J connectivity index is 3.28. The Kier molecular flexibility index (Phi) is 7.79. The Labute approximate surface area is 78.6 Å². The molecule has 0 radical (unpaired) electrons. The molecule has 0 aliphatic heterocycles. The highest BCUT2D eigenvalue weighted by Gasteiger charge is 2.02. The maximum Gasteiger partial charge on any atom is 0.0945 e. The summed E-state index contributed by atoms with van der Waals surface area (Å²) in [6, 6.07) is 0. The molecule has 0 aromatic rings. The Hall–Kier alpha value is 0.0969. The van der Waals surface area contributed by atoms with Crippen LogP contribution in [0.1, 0.15) is 20.3 Å². The largest absolute Gasteiger partial charge is 0.339 e. The molecule has 74 valence electrons. The first-order valence-electron chi connectivity index (χ1n) is 4.79. The molecule has 3 nitrogen and oxygen atoms in total. The van der Waals surface area contributed by atoms with Gasteiger partial charge in [-0.15, -0.1) is 0 Å². The Bertz CT molecular complexity index is 96.3. The minimum atomic E-state index is -0.0558. The Morgan fingerprint density at radius 3 is 2.25 bits per heavy atom. The highest BCUT2D eigenvalue weighted by Crippen LogP contribution is 2.02. The third kappa shape index (κ3) is 5.71. The van der Waals surface area contributed by atoms with Crippen molar-refractivity contribution in [1.29, 1.82) is 0 Å². The molecule has 0 rings (SSSR count). The summed E-state index contributed by atoms with van der Waals surface area (Å²) in [4.78, 5) is 3.55. The molecule has 0 aromatic heterocycles. The first-order valence-corrected chi connectivity index (χ1v) is 6.32. The van der Waals surface area contributed by atoms with Crippen LogP contribution < -0.4 is 15.6 Å². The predicted molar refractivity (Wildman–Crippen MR) is 58.2 cm³/mol. The van der Waals surface area contributed by atoms with Gasteiger partial charge in [-0.3, -0.25) is 0 Å². The van der Waals surface area contributed by atoms with Crippen LogP contribution in [-0.2, 0) is 0 Å². The fourth-order valence-corrected chi connectivity index (χ4v) is 2.20. The van der Waals surface area contributed by atoms with Gasteiger partial charge in [0.15, 0.2) is 0 Å². The lowest BCUT2D eigenvalue weighted by Crippen LogP contribution is -2.46. The molecular formula is C8H23N3Si. The minimum Gasteiger partial charge on any atom is -0.339 e. The number of nitrogens with one attached hydrogen (secondary N) is 3. The summed E-state index contributed by atoms with van der Waals surface area (Å²) in [5.74, 6) is 0. The molecule has 0 saturated carbocycles. The molecule has 0 fully saturated rings. The van der Waals surface area contributed by atoms with E-state index < -0.39 is 0 Å². The van der Waals surface area contributed by atoms with E-state index in [-0.39, 0.29) is 9.68 Å². The average molecular weight is 189 g/mol. The van der Waals surface area contributed by atoms with Crippen LogP contribution in [0.25, 0.3) is 0 Å². The third-order valence-electron chi connectivity index (χ3n) is 2.24. The fourth-order valence-electron chi connectivity index (χ4n) is 0.967. The number of hydrogen-bond donors (Lipinski definition) is 3. The second-order valence-corrected chi connectivity index (χ2v) is 5.60. The number of likely N-dealkylation sites (N-methyl/N-ethyl adjacent to an activating group) is 2. The molecule has 12 heavy (non-hydrogen) atoms. The van der Waals surface area contributed by atoms with Gasteiger partial charge in [0.05, 0.1) is 15.8 Å². The highest BCUT2D eigenvalue weighted by molar-refractivity contribution is 6.34. The van der Waals surface area contributed by atoms with E-state index in [0.29, 0.717) is 6.17 Å². The average Bonchev–Trinajstić information content (AvgIpc) is 2.12. The van der Waals surface area contributed by atoms with E-state index in [4.69, 9.17) is 0 Å². The minimum absolute atomic E-state index is 0.0558. The molecule has 0 heterocycles. The monoisotopic (exact) mass is 189 g/mol. The van der Waals surface area contributed by atoms with Crippen molar-refractivity contribution in [2.75, 3.05) is 20.6 Å². The SMILES string of the molecule is CCC(C)[SiH2]NCC(NC)NC. The van der Waals surface area contributed by atoms with E-state index >= 15 is 0 Å². The van der Waals surface area contributed by atoms with Crippen LogP contribution in [0, 0.1) is 0 Å². The number of rotatable bonds is 7. The van der Waals surface area contributed by atoms with Crippen molar-refractivity contribution in [3.63, 3.8) is 0 Å². The Morgan fingerprint density at radius 1 is 1.25 bits per heavy atom. The molecule has 0 saturated heterocycles. The molecule has 0 bridgehead atoms. The molecule has 0 amide bonds. The van der Waals surface area contributed by atoms with Crippen molar-refractivity contribution in [3.8, 4) is 0 Å². The topological polar surface area (TPSA) is 36.1 Å². The lowest BCUT2D eigenvalue weighted by molar-refractivity contribution is 0.489. The van der Waals surface area contributed by atoms with E-state index in [9.17, 15) is 0 Å². The van der Waals surface area contributed by atoms with Crippen LogP contribution >= 0.6 is 0 Å². The first kappa shape index (κ1) is 12.1. The quantitative estimate of drug-likeness (QED) is 0.378. The van der Waals surface area contributed by atoms with Crippen LogP contribution in [-0.4, -0.2) is 36.5 Å². The van der Waals surface area contributed by atoms with E-state index in [1.807, 2.05) is 14.1 Å². The number of hydrogen-bond acceptors (Lipinski definition) is 3. The van der Waals surface area contributed by atoms with Gasteiger partial charge >= 0.3 is 0 Å². The van der Waals surface area contributed by atoms with Gasteiger partial charge in [0.2, 0.25) is 0 Å². The van der Waals surface area contributed by atoms with Gasteiger partial charge < -0.3 is 15.6 Å². The second kappa shape index (κ2) is 7.73. The maximum atomic E-state index is 3.55. The third-order valence-corrected chi connectivity index (χ3v) is 4.09. The van der Waals surface area contributed by atoms with Gasteiger partial charge in [-0.25, -0.2) is 0 Å². The zero-order valence-electron chi connectivity index (χ0n) is 8.78. The summed E-state index contributed by atoms with van der Waals surface area (Å²) in [7, 11) is 3.90. The maximum absolute atomic E-state index is 3.55. The summed E-state index contributed by atoms with van der Waals surface area (Å²) in [5, 5.41) is 6.38. The molecule has 4 heteroatoms. The molecule has 3 N–H and O–H groups in total. The molecule has 0 spiro atoms. The molecule has 0 aliphatic rings. The van der Waals surface area contributed by atoms with Crippen molar-refractivity contribution in [2.45, 2.75) is 32.0 Å². The van der Waals surface area contributed by atoms with E-state index in [2.05, 4.69) is 29.5 Å². The predicted octanol–water partition coefficient (Wildman–Crippen LogP) is -0.357. The summed E-state index contributed by atoms with van der Waals surface area (Å²) < 4.78 is 0. The molecule has 0 aliphatic carbocycles. The second-order valence-electron chi connectivity index (χ2n) is 3.30. The normalized spacial score (nSPS) is 14.8. The highest BCUT2D eigenvalue weighted by atomic mass is 28.2. The molecule has 0 aromatic carbocycles. The van der Waals surface area contributed by atoms with Gasteiger partial charge in [-0.05, 0) is 19.6 Å². The molecule has 1 unspecified atom stereocenters.